The van der Waals surface area contributed by atoms with Gasteiger partial charge in [-0.1, -0.05) is 17.7 Å². The van der Waals surface area contributed by atoms with Crippen molar-refractivity contribution in [3.05, 3.63) is 40.9 Å². The zero-order valence-electron chi connectivity index (χ0n) is 11.1. The molecule has 1 unspecified atom stereocenters. The minimum Gasteiger partial charge on any atom is -0.303 e. The zero-order valence-corrected chi connectivity index (χ0v) is 12.7. The molecular weight excluding hydrogens is 300 g/mol. The smallest absolute Gasteiger partial charge is 0.175 e. The second-order valence-electron chi connectivity index (χ2n) is 4.46. The lowest BCUT2D eigenvalue weighted by atomic mass is 10.2. The van der Waals surface area contributed by atoms with E-state index >= 15 is 0 Å². The number of aromatic nitrogens is 3. The highest BCUT2D eigenvalue weighted by molar-refractivity contribution is 7.90. The maximum atomic E-state index is 11.8. The summed E-state index contributed by atoms with van der Waals surface area (Å²) in [6.07, 6.45) is 2.59. The Morgan fingerprint density at radius 3 is 2.80 bits per heavy atom. The van der Waals surface area contributed by atoms with Gasteiger partial charge >= 0.3 is 0 Å². The van der Waals surface area contributed by atoms with Crippen molar-refractivity contribution in [2.75, 3.05) is 6.26 Å². The standard InChI is InChI=1S/C12H15ClN4O2S/c1-8(12-15-7-16-17-12)14-6-9-10(13)4-3-5-11(9)20(2,18)19/h3-5,7-8,14H,6H2,1-2H3,(H,15,16,17). The topological polar surface area (TPSA) is 87.7 Å². The van der Waals surface area contributed by atoms with E-state index in [0.717, 1.165) is 0 Å². The fourth-order valence-electron chi connectivity index (χ4n) is 1.83. The van der Waals surface area contributed by atoms with Crippen molar-refractivity contribution in [2.45, 2.75) is 24.4 Å². The van der Waals surface area contributed by atoms with Gasteiger partial charge in [-0.15, -0.1) is 0 Å². The third-order valence-electron chi connectivity index (χ3n) is 2.90. The molecule has 0 fully saturated rings. The average Bonchev–Trinajstić information content (AvgIpc) is 2.89. The molecular formula is C12H15ClN4O2S. The molecule has 2 rings (SSSR count). The lowest BCUT2D eigenvalue weighted by molar-refractivity contribution is 0.542. The molecule has 1 aromatic carbocycles. The molecule has 20 heavy (non-hydrogen) atoms. The number of aromatic amines is 1. The molecule has 0 aliphatic heterocycles. The predicted molar refractivity (Wildman–Crippen MR) is 76.2 cm³/mol. The molecule has 0 saturated carbocycles. The third kappa shape index (κ3) is 3.36. The Morgan fingerprint density at radius 1 is 1.45 bits per heavy atom. The monoisotopic (exact) mass is 314 g/mol. The summed E-state index contributed by atoms with van der Waals surface area (Å²) in [6, 6.07) is 4.76. The molecule has 0 saturated heterocycles. The Labute approximate surface area is 122 Å². The summed E-state index contributed by atoms with van der Waals surface area (Å²) in [7, 11) is -3.32. The minimum absolute atomic E-state index is 0.0961. The Balaban J connectivity index is 2.22. The number of halogens is 1. The molecule has 0 amide bonds. The van der Waals surface area contributed by atoms with Gasteiger partial charge in [0.15, 0.2) is 9.84 Å². The van der Waals surface area contributed by atoms with Crippen LogP contribution in [0.3, 0.4) is 0 Å². The lowest BCUT2D eigenvalue weighted by Crippen LogP contribution is -2.21. The number of hydrogen-bond acceptors (Lipinski definition) is 5. The van der Waals surface area contributed by atoms with Gasteiger partial charge in [0.05, 0.1) is 10.9 Å². The van der Waals surface area contributed by atoms with Crippen LogP contribution in [0.25, 0.3) is 0 Å². The van der Waals surface area contributed by atoms with Crippen LogP contribution >= 0.6 is 11.6 Å². The van der Waals surface area contributed by atoms with E-state index in [1.165, 1.54) is 12.6 Å². The van der Waals surface area contributed by atoms with Crippen LogP contribution in [0.5, 0.6) is 0 Å². The normalized spacial score (nSPS) is 13.3. The molecule has 0 spiro atoms. The van der Waals surface area contributed by atoms with Gasteiger partial charge in [-0.25, -0.2) is 13.4 Å². The van der Waals surface area contributed by atoms with E-state index in [1.807, 2.05) is 6.92 Å². The molecule has 1 atom stereocenters. The van der Waals surface area contributed by atoms with Crippen LogP contribution in [0.1, 0.15) is 24.4 Å². The summed E-state index contributed by atoms with van der Waals surface area (Å²) in [5, 5.41) is 10.1. The van der Waals surface area contributed by atoms with Gasteiger partial charge in [0, 0.05) is 23.4 Å². The van der Waals surface area contributed by atoms with Crippen molar-refractivity contribution in [1.29, 1.82) is 0 Å². The van der Waals surface area contributed by atoms with Gasteiger partial charge in [-0.2, -0.15) is 5.10 Å². The van der Waals surface area contributed by atoms with Gasteiger partial charge in [0.25, 0.3) is 0 Å². The number of nitrogens with one attached hydrogen (secondary N) is 2. The maximum absolute atomic E-state index is 11.8. The van der Waals surface area contributed by atoms with Crippen molar-refractivity contribution < 1.29 is 8.42 Å². The van der Waals surface area contributed by atoms with Crippen LogP contribution in [0.4, 0.5) is 0 Å². The molecule has 0 radical (unpaired) electrons. The molecule has 2 aromatic rings. The van der Waals surface area contributed by atoms with E-state index in [9.17, 15) is 8.42 Å². The average molecular weight is 315 g/mol. The summed E-state index contributed by atoms with van der Waals surface area (Å²) >= 11 is 6.10. The number of rotatable bonds is 5. The van der Waals surface area contributed by atoms with Crippen LogP contribution in [0.2, 0.25) is 5.02 Å². The van der Waals surface area contributed by atoms with Crippen LogP contribution in [0, 0.1) is 0 Å². The first kappa shape index (κ1) is 15.0. The second kappa shape index (κ2) is 5.90. The van der Waals surface area contributed by atoms with E-state index < -0.39 is 9.84 Å². The van der Waals surface area contributed by atoms with E-state index in [0.29, 0.717) is 23.0 Å². The van der Waals surface area contributed by atoms with Crippen molar-refractivity contribution in [1.82, 2.24) is 20.5 Å². The van der Waals surface area contributed by atoms with Crippen molar-refractivity contribution in [3.8, 4) is 0 Å². The van der Waals surface area contributed by atoms with Crippen LogP contribution in [-0.2, 0) is 16.4 Å². The molecule has 6 nitrogen and oxygen atoms in total. The maximum Gasteiger partial charge on any atom is 0.175 e. The molecule has 1 aromatic heterocycles. The fourth-order valence-corrected chi connectivity index (χ4v) is 3.09. The van der Waals surface area contributed by atoms with Gasteiger partial charge < -0.3 is 5.32 Å². The van der Waals surface area contributed by atoms with Crippen molar-refractivity contribution >= 4 is 21.4 Å². The Bertz CT molecular complexity index is 685. The lowest BCUT2D eigenvalue weighted by Gasteiger charge is -2.14. The zero-order chi connectivity index (χ0) is 14.8. The number of H-pyrrole nitrogens is 1. The first-order valence-corrected chi connectivity index (χ1v) is 8.22. The first-order valence-electron chi connectivity index (χ1n) is 5.95. The summed E-state index contributed by atoms with van der Waals surface area (Å²) < 4.78 is 23.5. The minimum atomic E-state index is -3.32. The molecule has 0 aliphatic carbocycles. The van der Waals surface area contributed by atoms with Crippen LogP contribution in [-0.4, -0.2) is 29.9 Å². The molecule has 8 heteroatoms. The molecule has 2 N–H and O–H groups in total. The molecule has 0 aliphatic rings. The van der Waals surface area contributed by atoms with Gasteiger partial charge in [0.1, 0.15) is 12.2 Å². The molecule has 1 heterocycles. The summed E-state index contributed by atoms with van der Waals surface area (Å²) in [5.74, 6) is 0.679. The largest absolute Gasteiger partial charge is 0.303 e. The first-order chi connectivity index (χ1) is 9.39. The van der Waals surface area contributed by atoms with E-state index in [-0.39, 0.29) is 10.9 Å². The highest BCUT2D eigenvalue weighted by atomic mass is 35.5. The SMILES string of the molecule is CC(NCc1c(Cl)cccc1S(C)(=O)=O)c1ncn[nH]1. The third-order valence-corrected chi connectivity index (χ3v) is 4.44. The number of nitrogens with zero attached hydrogens (tertiary/aromatic N) is 2. The van der Waals surface area contributed by atoms with Gasteiger partial charge in [-0.05, 0) is 19.1 Å². The quantitative estimate of drug-likeness (QED) is 0.877. The summed E-state index contributed by atoms with van der Waals surface area (Å²) in [5.41, 5.74) is 0.558. The van der Waals surface area contributed by atoms with E-state index in [1.54, 1.807) is 18.2 Å². The fraction of sp³-hybridized carbons (Fsp3) is 0.333. The Hall–Kier alpha value is -1.44. The molecule has 0 bridgehead atoms. The highest BCUT2D eigenvalue weighted by Gasteiger charge is 2.17. The van der Waals surface area contributed by atoms with Gasteiger partial charge in [-0.3, -0.25) is 5.10 Å². The number of benzene rings is 1. The van der Waals surface area contributed by atoms with Gasteiger partial charge in [0.2, 0.25) is 0 Å². The predicted octanol–water partition coefficient (Wildman–Crippen LogP) is 1.71. The summed E-state index contributed by atoms with van der Waals surface area (Å²) in [6.45, 7) is 2.22. The number of hydrogen-bond donors (Lipinski definition) is 2. The highest BCUT2D eigenvalue weighted by Crippen LogP contribution is 2.24. The van der Waals surface area contributed by atoms with Crippen LogP contribution < -0.4 is 5.32 Å². The van der Waals surface area contributed by atoms with Crippen LogP contribution in [0.15, 0.2) is 29.4 Å². The summed E-state index contributed by atoms with van der Waals surface area (Å²) in [4.78, 5) is 4.28. The van der Waals surface area contributed by atoms with E-state index in [4.69, 9.17) is 11.6 Å². The Morgan fingerprint density at radius 2 is 2.20 bits per heavy atom. The second-order valence-corrected chi connectivity index (χ2v) is 6.85. The molecule has 108 valence electrons. The van der Waals surface area contributed by atoms with E-state index in [2.05, 4.69) is 20.5 Å². The Kier molecular flexibility index (Phi) is 4.42. The number of sulfone groups is 1. The van der Waals surface area contributed by atoms with Crippen molar-refractivity contribution in [3.63, 3.8) is 0 Å². The van der Waals surface area contributed by atoms with Crippen molar-refractivity contribution in [2.24, 2.45) is 0 Å².